The molecule has 0 fully saturated rings. The molecular formula is C17H16FNO4S. The highest BCUT2D eigenvalue weighted by atomic mass is 32.2. The fourth-order valence-corrected chi connectivity index (χ4v) is 3.72. The number of fused-ring (bicyclic) bond motifs is 1. The molecule has 1 heterocycles. The Bertz CT molecular complexity index is 895. The maximum absolute atomic E-state index is 13.9. The first-order valence-electron chi connectivity index (χ1n) is 7.41. The molecule has 5 nitrogen and oxygen atoms in total. The smallest absolute Gasteiger partial charge is 0.267 e. The molecule has 0 saturated carbocycles. The van der Waals surface area contributed by atoms with Crippen LogP contribution in [0.4, 0.5) is 4.39 Å². The monoisotopic (exact) mass is 349 g/mol. The van der Waals surface area contributed by atoms with Crippen LogP contribution in [-0.2, 0) is 26.0 Å². The van der Waals surface area contributed by atoms with Gasteiger partial charge in [-0.15, -0.1) is 0 Å². The molecule has 0 unspecified atom stereocenters. The molecule has 0 saturated heterocycles. The van der Waals surface area contributed by atoms with Crippen molar-refractivity contribution in [1.29, 1.82) is 0 Å². The molecule has 2 aromatic carbocycles. The molecule has 3 rings (SSSR count). The molecule has 2 aromatic rings. The highest BCUT2D eigenvalue weighted by molar-refractivity contribution is 7.90. The molecule has 0 bridgehead atoms. The SMILES string of the molecule is Cc1ccc(S(=O)(=O)NC(=O)[C@H]2OCCc3ccccc32)c(F)c1. The van der Waals surface area contributed by atoms with Crippen molar-refractivity contribution in [2.45, 2.75) is 24.3 Å². The van der Waals surface area contributed by atoms with Gasteiger partial charge >= 0.3 is 0 Å². The average molecular weight is 349 g/mol. The summed E-state index contributed by atoms with van der Waals surface area (Å²) in [5.41, 5.74) is 2.14. The van der Waals surface area contributed by atoms with E-state index in [1.807, 2.05) is 16.9 Å². The van der Waals surface area contributed by atoms with Crippen molar-refractivity contribution in [3.05, 3.63) is 65.0 Å². The molecule has 7 heteroatoms. The van der Waals surface area contributed by atoms with E-state index in [2.05, 4.69) is 0 Å². The molecule has 0 radical (unpaired) electrons. The third-order valence-corrected chi connectivity index (χ3v) is 5.22. The van der Waals surface area contributed by atoms with E-state index in [4.69, 9.17) is 4.74 Å². The molecule has 0 spiro atoms. The highest BCUT2D eigenvalue weighted by Crippen LogP contribution is 2.27. The number of halogens is 1. The summed E-state index contributed by atoms with van der Waals surface area (Å²) in [5, 5.41) is 0. The zero-order valence-electron chi connectivity index (χ0n) is 13.0. The zero-order valence-corrected chi connectivity index (χ0v) is 13.8. The van der Waals surface area contributed by atoms with Gasteiger partial charge in [-0.2, -0.15) is 0 Å². The van der Waals surface area contributed by atoms with E-state index in [1.54, 1.807) is 19.1 Å². The Labute approximate surface area is 139 Å². The summed E-state index contributed by atoms with van der Waals surface area (Å²) in [4.78, 5) is 11.8. The van der Waals surface area contributed by atoms with Crippen LogP contribution in [0.3, 0.4) is 0 Å². The number of aryl methyl sites for hydroxylation is 1. The summed E-state index contributed by atoms with van der Waals surface area (Å²) in [6.07, 6.45) is -0.377. The van der Waals surface area contributed by atoms with Crippen LogP contribution in [0.25, 0.3) is 0 Å². The highest BCUT2D eigenvalue weighted by Gasteiger charge is 2.31. The number of nitrogens with one attached hydrogen (secondary N) is 1. The van der Waals surface area contributed by atoms with Gasteiger partial charge in [-0.25, -0.2) is 17.5 Å². The topological polar surface area (TPSA) is 72.5 Å². The van der Waals surface area contributed by atoms with E-state index >= 15 is 0 Å². The number of hydrogen-bond donors (Lipinski definition) is 1. The predicted molar refractivity (Wildman–Crippen MR) is 85.3 cm³/mol. The van der Waals surface area contributed by atoms with Crippen LogP contribution in [0.5, 0.6) is 0 Å². The van der Waals surface area contributed by atoms with Crippen molar-refractivity contribution in [3.63, 3.8) is 0 Å². The fraction of sp³-hybridized carbons (Fsp3) is 0.235. The van der Waals surface area contributed by atoms with E-state index in [0.29, 0.717) is 24.2 Å². The van der Waals surface area contributed by atoms with Gasteiger partial charge in [0.15, 0.2) is 6.10 Å². The Morgan fingerprint density at radius 2 is 2.00 bits per heavy atom. The lowest BCUT2D eigenvalue weighted by atomic mass is 9.97. The number of benzene rings is 2. The van der Waals surface area contributed by atoms with Crippen molar-refractivity contribution in [2.75, 3.05) is 6.61 Å². The third kappa shape index (κ3) is 3.18. The molecule has 1 atom stereocenters. The zero-order chi connectivity index (χ0) is 17.3. The number of amides is 1. The Morgan fingerprint density at radius 3 is 2.75 bits per heavy atom. The van der Waals surface area contributed by atoms with E-state index in [1.165, 1.54) is 6.07 Å². The molecule has 1 N–H and O–H groups in total. The van der Waals surface area contributed by atoms with Gasteiger partial charge in [0.2, 0.25) is 0 Å². The van der Waals surface area contributed by atoms with Crippen molar-refractivity contribution >= 4 is 15.9 Å². The predicted octanol–water partition coefficient (Wildman–Crippen LogP) is 2.25. The normalized spacial score (nSPS) is 17.2. The Morgan fingerprint density at radius 1 is 1.25 bits per heavy atom. The second kappa shape index (κ2) is 6.33. The number of rotatable bonds is 3. The second-order valence-corrected chi connectivity index (χ2v) is 7.25. The average Bonchev–Trinajstić information content (AvgIpc) is 2.53. The summed E-state index contributed by atoms with van der Waals surface area (Å²) >= 11 is 0. The lowest BCUT2D eigenvalue weighted by Crippen LogP contribution is -2.37. The second-order valence-electron chi connectivity index (χ2n) is 5.60. The van der Waals surface area contributed by atoms with Crippen LogP contribution in [-0.4, -0.2) is 20.9 Å². The minimum atomic E-state index is -4.31. The lowest BCUT2D eigenvalue weighted by Gasteiger charge is -2.25. The Balaban J connectivity index is 1.87. The molecular weight excluding hydrogens is 333 g/mol. The van der Waals surface area contributed by atoms with Gasteiger partial charge in [-0.1, -0.05) is 30.3 Å². The van der Waals surface area contributed by atoms with Crippen molar-refractivity contribution in [1.82, 2.24) is 4.72 Å². The van der Waals surface area contributed by atoms with Crippen molar-refractivity contribution < 1.29 is 22.3 Å². The van der Waals surface area contributed by atoms with Crippen LogP contribution in [0.2, 0.25) is 0 Å². The van der Waals surface area contributed by atoms with Crippen LogP contribution >= 0.6 is 0 Å². The van der Waals surface area contributed by atoms with Gasteiger partial charge < -0.3 is 4.74 Å². The van der Waals surface area contributed by atoms with Gasteiger partial charge in [0.05, 0.1) is 6.61 Å². The Hall–Kier alpha value is -2.25. The van der Waals surface area contributed by atoms with Gasteiger partial charge in [-0.3, -0.25) is 4.79 Å². The summed E-state index contributed by atoms with van der Waals surface area (Å²) in [6.45, 7) is 1.96. The molecule has 1 amide bonds. The number of sulfonamides is 1. The largest absolute Gasteiger partial charge is 0.363 e. The molecule has 1 aliphatic rings. The number of ether oxygens (including phenoxy) is 1. The first-order valence-corrected chi connectivity index (χ1v) is 8.89. The van der Waals surface area contributed by atoms with Crippen LogP contribution in [0.15, 0.2) is 47.4 Å². The summed E-state index contributed by atoms with van der Waals surface area (Å²) in [5.74, 6) is -1.73. The molecule has 1 aliphatic heterocycles. The number of carbonyl (C=O) groups excluding carboxylic acids is 1. The minimum Gasteiger partial charge on any atom is -0.363 e. The minimum absolute atomic E-state index is 0.314. The molecule has 0 aliphatic carbocycles. The summed E-state index contributed by atoms with van der Waals surface area (Å²) < 4.78 is 45.9. The van der Waals surface area contributed by atoms with Gasteiger partial charge in [0.25, 0.3) is 15.9 Å². The van der Waals surface area contributed by atoms with Gasteiger partial charge in [0, 0.05) is 0 Å². The number of carbonyl (C=O) groups is 1. The fourth-order valence-electron chi connectivity index (χ4n) is 2.68. The number of hydrogen-bond acceptors (Lipinski definition) is 4. The van der Waals surface area contributed by atoms with E-state index in [9.17, 15) is 17.6 Å². The lowest BCUT2D eigenvalue weighted by molar-refractivity contribution is -0.132. The van der Waals surface area contributed by atoms with Crippen LogP contribution in [0, 0.1) is 12.7 Å². The molecule has 0 aromatic heterocycles. The molecule has 24 heavy (non-hydrogen) atoms. The first kappa shape index (κ1) is 16.6. The van der Waals surface area contributed by atoms with Gasteiger partial charge in [-0.05, 0) is 42.2 Å². The Kier molecular flexibility index (Phi) is 4.38. The summed E-state index contributed by atoms with van der Waals surface area (Å²) in [6, 6.07) is 10.9. The van der Waals surface area contributed by atoms with E-state index < -0.39 is 32.7 Å². The van der Waals surface area contributed by atoms with E-state index in [-0.39, 0.29) is 0 Å². The standard InChI is InChI=1S/C17H16FNO4S/c1-11-6-7-15(14(18)10-11)24(21,22)19-17(20)16-13-5-3-2-4-12(13)8-9-23-16/h2-7,10,16H,8-9H2,1H3,(H,19,20)/t16-/m0/s1. The van der Waals surface area contributed by atoms with Gasteiger partial charge in [0.1, 0.15) is 10.7 Å². The first-order chi connectivity index (χ1) is 11.4. The van der Waals surface area contributed by atoms with Crippen molar-refractivity contribution in [3.8, 4) is 0 Å². The maximum Gasteiger partial charge on any atom is 0.267 e. The van der Waals surface area contributed by atoms with E-state index in [0.717, 1.165) is 17.7 Å². The van der Waals surface area contributed by atoms with Crippen LogP contribution < -0.4 is 4.72 Å². The molecule has 126 valence electrons. The van der Waals surface area contributed by atoms with Crippen molar-refractivity contribution in [2.24, 2.45) is 0 Å². The quantitative estimate of drug-likeness (QED) is 0.922. The summed E-state index contributed by atoms with van der Waals surface area (Å²) in [7, 11) is -4.31. The third-order valence-electron chi connectivity index (χ3n) is 3.84. The maximum atomic E-state index is 13.9. The van der Waals surface area contributed by atoms with Crippen LogP contribution in [0.1, 0.15) is 22.8 Å².